The van der Waals surface area contributed by atoms with E-state index in [0.717, 1.165) is 10.0 Å². The van der Waals surface area contributed by atoms with Gasteiger partial charge in [-0.15, -0.1) is 0 Å². The summed E-state index contributed by atoms with van der Waals surface area (Å²) in [5.41, 5.74) is 0.991. The molecule has 2 aromatic carbocycles. The zero-order valence-corrected chi connectivity index (χ0v) is 13.1. The molecule has 2 rings (SSSR count). The van der Waals surface area contributed by atoms with Gasteiger partial charge in [0.15, 0.2) is 0 Å². The van der Waals surface area contributed by atoms with Crippen molar-refractivity contribution >= 4 is 28.0 Å². The minimum absolute atomic E-state index is 0.440. The minimum atomic E-state index is -0.781. The van der Waals surface area contributed by atoms with Crippen LogP contribution in [0.5, 0.6) is 5.75 Å². The van der Waals surface area contributed by atoms with Crippen LogP contribution in [0, 0.1) is 0 Å². The fourth-order valence-electron chi connectivity index (χ4n) is 1.70. The molecule has 21 heavy (non-hydrogen) atoms. The van der Waals surface area contributed by atoms with Crippen LogP contribution in [0.1, 0.15) is 5.56 Å². The summed E-state index contributed by atoms with van der Waals surface area (Å²) in [6.07, 6.45) is 2.74. The summed E-state index contributed by atoms with van der Waals surface area (Å²) in [6, 6.07) is 17.0. The quantitative estimate of drug-likeness (QED) is 0.765. The summed E-state index contributed by atoms with van der Waals surface area (Å²) in [7, 11) is 1.34. The molecule has 0 amide bonds. The number of methoxy groups -OCH3 is 1. The first-order chi connectivity index (χ1) is 10.2. The molecule has 0 N–H and O–H groups in total. The van der Waals surface area contributed by atoms with Crippen LogP contribution in [-0.4, -0.2) is 19.2 Å². The molecular formula is C17H15BrO3. The van der Waals surface area contributed by atoms with Gasteiger partial charge >= 0.3 is 5.97 Å². The smallest absolute Gasteiger partial charge is 0.351 e. The second kappa shape index (κ2) is 7.64. The molecular weight excluding hydrogens is 332 g/mol. The Morgan fingerprint density at radius 3 is 2.38 bits per heavy atom. The Morgan fingerprint density at radius 2 is 1.76 bits per heavy atom. The Kier molecular flexibility index (Phi) is 5.58. The lowest BCUT2D eigenvalue weighted by Gasteiger charge is -2.13. The van der Waals surface area contributed by atoms with Gasteiger partial charge in [0.25, 0.3) is 0 Å². The molecule has 0 aliphatic carbocycles. The first kappa shape index (κ1) is 15.3. The van der Waals surface area contributed by atoms with Crippen molar-refractivity contribution in [1.29, 1.82) is 0 Å². The molecule has 0 saturated carbocycles. The predicted molar refractivity (Wildman–Crippen MR) is 86.1 cm³/mol. The van der Waals surface area contributed by atoms with Gasteiger partial charge in [0, 0.05) is 4.47 Å². The molecule has 108 valence electrons. The number of benzene rings is 2. The van der Waals surface area contributed by atoms with E-state index in [1.54, 1.807) is 18.2 Å². The maximum atomic E-state index is 11.8. The Hall–Kier alpha value is -2.07. The molecule has 0 unspecified atom stereocenters. The number of halogens is 1. The Morgan fingerprint density at radius 1 is 1.10 bits per heavy atom. The molecule has 4 heteroatoms. The average Bonchev–Trinajstić information content (AvgIpc) is 2.53. The summed E-state index contributed by atoms with van der Waals surface area (Å²) in [5, 5.41) is 0. The van der Waals surface area contributed by atoms with E-state index in [9.17, 15) is 4.79 Å². The number of ether oxygens (including phenoxy) is 2. The molecule has 0 bridgehead atoms. The van der Waals surface area contributed by atoms with Gasteiger partial charge in [-0.25, -0.2) is 4.79 Å². The number of esters is 1. The SMILES string of the molecule is COC(=O)[C@H](/C=C/c1ccccc1)Oc1ccc(Br)cc1. The summed E-state index contributed by atoms with van der Waals surface area (Å²) in [5.74, 6) is 0.163. The minimum Gasteiger partial charge on any atom is -0.475 e. The number of carbonyl (C=O) groups excluding carboxylic acids is 1. The highest BCUT2D eigenvalue weighted by molar-refractivity contribution is 9.10. The van der Waals surface area contributed by atoms with Crippen LogP contribution in [0.2, 0.25) is 0 Å². The number of rotatable bonds is 5. The van der Waals surface area contributed by atoms with E-state index >= 15 is 0 Å². The summed E-state index contributed by atoms with van der Waals surface area (Å²) < 4.78 is 11.4. The Balaban J connectivity index is 2.13. The largest absolute Gasteiger partial charge is 0.475 e. The van der Waals surface area contributed by atoms with E-state index in [1.807, 2.05) is 48.5 Å². The first-order valence-electron chi connectivity index (χ1n) is 6.42. The highest BCUT2D eigenvalue weighted by Crippen LogP contribution is 2.18. The summed E-state index contributed by atoms with van der Waals surface area (Å²) in [6.45, 7) is 0. The van der Waals surface area contributed by atoms with Crippen molar-refractivity contribution in [2.24, 2.45) is 0 Å². The number of carbonyl (C=O) groups is 1. The third-order valence-corrected chi connectivity index (χ3v) is 3.30. The maximum absolute atomic E-state index is 11.8. The molecule has 0 fully saturated rings. The van der Waals surface area contributed by atoms with Gasteiger partial charge in [0.2, 0.25) is 6.10 Å². The lowest BCUT2D eigenvalue weighted by molar-refractivity contribution is -0.146. The Bertz CT molecular complexity index is 606. The van der Waals surface area contributed by atoms with Gasteiger partial charge in [0.1, 0.15) is 5.75 Å². The van der Waals surface area contributed by atoms with E-state index in [-0.39, 0.29) is 0 Å². The molecule has 2 aromatic rings. The van der Waals surface area contributed by atoms with Crippen molar-refractivity contribution < 1.29 is 14.3 Å². The average molecular weight is 347 g/mol. The topological polar surface area (TPSA) is 35.5 Å². The molecule has 0 heterocycles. The fraction of sp³-hybridized carbons (Fsp3) is 0.118. The van der Waals surface area contributed by atoms with Crippen molar-refractivity contribution in [1.82, 2.24) is 0 Å². The van der Waals surface area contributed by atoms with Crippen LogP contribution in [0.4, 0.5) is 0 Å². The number of hydrogen-bond acceptors (Lipinski definition) is 3. The lowest BCUT2D eigenvalue weighted by Crippen LogP contribution is -2.26. The lowest BCUT2D eigenvalue weighted by atomic mass is 10.2. The van der Waals surface area contributed by atoms with Crippen LogP contribution < -0.4 is 4.74 Å². The van der Waals surface area contributed by atoms with Crippen LogP contribution in [0.15, 0.2) is 65.1 Å². The van der Waals surface area contributed by atoms with E-state index < -0.39 is 12.1 Å². The third kappa shape index (κ3) is 4.76. The van der Waals surface area contributed by atoms with Crippen LogP contribution in [-0.2, 0) is 9.53 Å². The maximum Gasteiger partial charge on any atom is 0.351 e. The highest BCUT2D eigenvalue weighted by atomic mass is 79.9. The monoisotopic (exact) mass is 346 g/mol. The standard InChI is InChI=1S/C17H15BrO3/c1-20-17(19)16(12-7-13-5-3-2-4-6-13)21-15-10-8-14(18)9-11-15/h2-12,16H,1H3/b12-7+/t16-/m0/s1. The van der Waals surface area contributed by atoms with Crippen LogP contribution in [0.25, 0.3) is 6.08 Å². The predicted octanol–water partition coefficient (Wildman–Crippen LogP) is 4.08. The van der Waals surface area contributed by atoms with E-state index in [0.29, 0.717) is 5.75 Å². The number of hydrogen-bond donors (Lipinski definition) is 0. The third-order valence-electron chi connectivity index (χ3n) is 2.77. The first-order valence-corrected chi connectivity index (χ1v) is 7.21. The van der Waals surface area contributed by atoms with E-state index in [2.05, 4.69) is 15.9 Å². The van der Waals surface area contributed by atoms with Crippen molar-refractivity contribution in [3.63, 3.8) is 0 Å². The molecule has 0 aromatic heterocycles. The summed E-state index contributed by atoms with van der Waals surface area (Å²) in [4.78, 5) is 11.8. The molecule has 0 radical (unpaired) electrons. The second-order valence-corrected chi connectivity index (χ2v) is 5.20. The molecule has 0 aliphatic heterocycles. The molecule has 3 nitrogen and oxygen atoms in total. The van der Waals surface area contributed by atoms with Gasteiger partial charge in [-0.1, -0.05) is 52.3 Å². The molecule has 0 saturated heterocycles. The molecule has 1 atom stereocenters. The van der Waals surface area contributed by atoms with E-state index in [4.69, 9.17) is 9.47 Å². The fourth-order valence-corrected chi connectivity index (χ4v) is 1.97. The zero-order chi connectivity index (χ0) is 15.1. The van der Waals surface area contributed by atoms with Gasteiger partial charge in [-0.05, 0) is 35.9 Å². The summed E-state index contributed by atoms with van der Waals surface area (Å²) >= 11 is 3.35. The van der Waals surface area contributed by atoms with Crippen LogP contribution >= 0.6 is 15.9 Å². The molecule has 0 aliphatic rings. The van der Waals surface area contributed by atoms with Crippen LogP contribution in [0.3, 0.4) is 0 Å². The van der Waals surface area contributed by atoms with Gasteiger partial charge in [-0.3, -0.25) is 0 Å². The highest BCUT2D eigenvalue weighted by Gasteiger charge is 2.17. The van der Waals surface area contributed by atoms with Gasteiger partial charge < -0.3 is 9.47 Å². The van der Waals surface area contributed by atoms with E-state index in [1.165, 1.54) is 7.11 Å². The van der Waals surface area contributed by atoms with Gasteiger partial charge in [-0.2, -0.15) is 0 Å². The second-order valence-electron chi connectivity index (χ2n) is 4.29. The Labute approximate surface area is 132 Å². The van der Waals surface area contributed by atoms with Crippen molar-refractivity contribution in [2.45, 2.75) is 6.10 Å². The van der Waals surface area contributed by atoms with Gasteiger partial charge in [0.05, 0.1) is 7.11 Å². The normalized spacial score (nSPS) is 12.1. The zero-order valence-electron chi connectivity index (χ0n) is 11.5. The van der Waals surface area contributed by atoms with Crippen molar-refractivity contribution in [3.05, 3.63) is 70.7 Å². The van der Waals surface area contributed by atoms with Crippen molar-refractivity contribution in [2.75, 3.05) is 7.11 Å². The molecule has 0 spiro atoms. The van der Waals surface area contributed by atoms with Crippen molar-refractivity contribution in [3.8, 4) is 5.75 Å².